The summed E-state index contributed by atoms with van der Waals surface area (Å²) >= 11 is 3.30. The van der Waals surface area contributed by atoms with Crippen molar-refractivity contribution in [1.29, 1.82) is 0 Å². The van der Waals surface area contributed by atoms with E-state index in [1.54, 1.807) is 23.5 Å². The van der Waals surface area contributed by atoms with Gasteiger partial charge in [-0.25, -0.2) is 0 Å². The molecule has 0 aliphatic carbocycles. The monoisotopic (exact) mass is 444 g/mol. The third-order valence-electron chi connectivity index (χ3n) is 4.49. The van der Waals surface area contributed by atoms with Crippen molar-refractivity contribution in [3.8, 4) is 0 Å². The Kier molecular flexibility index (Phi) is 6.96. The summed E-state index contributed by atoms with van der Waals surface area (Å²) < 4.78 is 15.5. The van der Waals surface area contributed by atoms with Crippen molar-refractivity contribution in [1.82, 2.24) is 0 Å². The summed E-state index contributed by atoms with van der Waals surface area (Å²) in [6.07, 6.45) is 0. The van der Waals surface area contributed by atoms with Gasteiger partial charge in [-0.2, -0.15) is 0 Å². The highest BCUT2D eigenvalue weighted by atomic mass is 32.2. The van der Waals surface area contributed by atoms with Gasteiger partial charge in [-0.15, -0.1) is 0 Å². The molecule has 0 spiro atoms. The second kappa shape index (κ2) is 10.0. The Hall–Kier alpha value is -2.45. The van der Waals surface area contributed by atoms with E-state index in [0.29, 0.717) is 0 Å². The van der Waals surface area contributed by atoms with Crippen LogP contribution in [-0.2, 0) is 4.57 Å². The Morgan fingerprint density at radius 1 is 0.533 bits per heavy atom. The zero-order valence-electron chi connectivity index (χ0n) is 16.3. The van der Waals surface area contributed by atoms with E-state index < -0.39 is 7.14 Å². The molecular formula is C26H21OPS2. The molecule has 4 rings (SSSR count). The molecule has 0 saturated carbocycles. The maximum atomic E-state index is 14.5. The van der Waals surface area contributed by atoms with Crippen LogP contribution < -0.4 is 10.6 Å². The van der Waals surface area contributed by atoms with E-state index in [9.17, 15) is 4.57 Å². The molecule has 148 valence electrons. The summed E-state index contributed by atoms with van der Waals surface area (Å²) in [6.45, 7) is 0. The van der Waals surface area contributed by atoms with Gasteiger partial charge in [-0.05, 0) is 24.3 Å². The molecule has 0 unspecified atom stereocenters. The molecular weight excluding hydrogens is 423 g/mol. The lowest BCUT2D eigenvalue weighted by atomic mass is 10.4. The van der Waals surface area contributed by atoms with E-state index in [1.165, 1.54) is 0 Å². The van der Waals surface area contributed by atoms with Crippen LogP contribution in [0.15, 0.2) is 141 Å². The first-order valence-electron chi connectivity index (χ1n) is 9.64. The summed E-state index contributed by atoms with van der Waals surface area (Å²) in [5, 5.41) is 1.69. The lowest BCUT2D eigenvalue weighted by Crippen LogP contribution is -2.14. The number of benzene rings is 4. The van der Waals surface area contributed by atoms with Gasteiger partial charge >= 0.3 is 0 Å². The maximum absolute atomic E-state index is 14.5. The summed E-state index contributed by atoms with van der Waals surface area (Å²) in [4.78, 5) is 2.25. The van der Waals surface area contributed by atoms with Crippen molar-refractivity contribution in [2.24, 2.45) is 0 Å². The lowest BCUT2D eigenvalue weighted by Gasteiger charge is -2.18. The Labute approximate surface area is 186 Å². The fourth-order valence-corrected chi connectivity index (χ4v) is 8.26. The van der Waals surface area contributed by atoms with Crippen molar-refractivity contribution >= 4 is 41.3 Å². The van der Waals surface area contributed by atoms with Gasteiger partial charge in [0.25, 0.3) is 0 Å². The van der Waals surface area contributed by atoms with Gasteiger partial charge in [0.15, 0.2) is 7.14 Å². The average molecular weight is 445 g/mol. The Bertz CT molecular complexity index is 1060. The molecule has 30 heavy (non-hydrogen) atoms. The number of rotatable bonds is 7. The summed E-state index contributed by atoms with van der Waals surface area (Å²) in [5.41, 5.74) is 0. The second-order valence-corrected chi connectivity index (χ2v) is 11.7. The molecule has 0 aliphatic rings. The minimum atomic E-state index is -2.96. The van der Waals surface area contributed by atoms with Gasteiger partial charge in [-0.1, -0.05) is 121 Å². The first-order chi connectivity index (χ1) is 14.7. The zero-order chi connectivity index (χ0) is 20.7. The first kappa shape index (κ1) is 20.8. The fraction of sp³-hybridized carbons (Fsp3) is 0. The van der Waals surface area contributed by atoms with E-state index in [-0.39, 0.29) is 0 Å². The maximum Gasteiger partial charge on any atom is 0.165 e. The molecule has 0 aromatic heterocycles. The predicted molar refractivity (Wildman–Crippen MR) is 132 cm³/mol. The van der Waals surface area contributed by atoms with Crippen molar-refractivity contribution in [3.05, 3.63) is 131 Å². The molecule has 0 saturated heterocycles. The molecule has 4 aromatic carbocycles. The van der Waals surface area contributed by atoms with Gasteiger partial charge in [0.2, 0.25) is 0 Å². The van der Waals surface area contributed by atoms with Gasteiger partial charge in [0.1, 0.15) is 0 Å². The standard InChI is InChI=1S/C26H21OPS2/c27-28(22-13-5-1-6-14-22,23-15-7-2-8-16-23)21-26(29-24-17-9-3-10-18-24)30-25-19-11-4-12-20-25/h1-21H. The van der Waals surface area contributed by atoms with Crippen LogP contribution in [0.25, 0.3) is 0 Å². The lowest BCUT2D eigenvalue weighted by molar-refractivity contribution is 0.592. The highest BCUT2D eigenvalue weighted by Gasteiger charge is 2.26. The van der Waals surface area contributed by atoms with Gasteiger partial charge in [0, 0.05) is 26.2 Å². The molecule has 4 heteroatoms. The van der Waals surface area contributed by atoms with E-state index in [2.05, 4.69) is 24.3 Å². The average Bonchev–Trinajstić information content (AvgIpc) is 2.81. The largest absolute Gasteiger partial charge is 0.309 e. The Morgan fingerprint density at radius 3 is 1.23 bits per heavy atom. The smallest absolute Gasteiger partial charge is 0.165 e. The summed E-state index contributed by atoms with van der Waals surface area (Å²) in [6, 6.07) is 40.0. The molecule has 1 nitrogen and oxygen atoms in total. The van der Waals surface area contributed by atoms with Crippen molar-refractivity contribution < 1.29 is 4.57 Å². The van der Waals surface area contributed by atoms with Crippen LogP contribution in [0.2, 0.25) is 0 Å². The van der Waals surface area contributed by atoms with Crippen molar-refractivity contribution in [2.45, 2.75) is 9.79 Å². The van der Waals surface area contributed by atoms with Gasteiger partial charge in [0.05, 0.1) is 4.24 Å². The zero-order valence-corrected chi connectivity index (χ0v) is 18.8. The molecule has 0 fully saturated rings. The first-order valence-corrected chi connectivity index (χ1v) is 13.0. The quantitative estimate of drug-likeness (QED) is 0.219. The molecule has 0 atom stereocenters. The van der Waals surface area contributed by atoms with Crippen LogP contribution in [0.4, 0.5) is 0 Å². The Morgan fingerprint density at radius 2 is 0.867 bits per heavy atom. The van der Waals surface area contributed by atoms with Crippen LogP contribution >= 0.6 is 30.7 Å². The van der Waals surface area contributed by atoms with Crippen LogP contribution in [0.3, 0.4) is 0 Å². The molecule has 0 radical (unpaired) electrons. The fourth-order valence-electron chi connectivity index (χ4n) is 3.03. The minimum absolute atomic E-state index is 0.844. The molecule has 4 aromatic rings. The summed E-state index contributed by atoms with van der Waals surface area (Å²) in [5.74, 6) is 1.98. The minimum Gasteiger partial charge on any atom is -0.309 e. The van der Waals surface area contributed by atoms with Crippen LogP contribution in [0.5, 0.6) is 0 Å². The highest BCUT2D eigenvalue weighted by molar-refractivity contribution is 8.22. The molecule has 0 aliphatic heterocycles. The van der Waals surface area contributed by atoms with E-state index in [4.69, 9.17) is 0 Å². The number of hydrogen-bond donors (Lipinski definition) is 0. The van der Waals surface area contributed by atoms with Crippen LogP contribution in [-0.4, -0.2) is 0 Å². The van der Waals surface area contributed by atoms with E-state index >= 15 is 0 Å². The van der Waals surface area contributed by atoms with Crippen molar-refractivity contribution in [2.75, 3.05) is 0 Å². The van der Waals surface area contributed by atoms with Gasteiger partial charge < -0.3 is 4.57 Å². The summed E-state index contributed by atoms with van der Waals surface area (Å²) in [7, 11) is -2.96. The van der Waals surface area contributed by atoms with E-state index in [1.807, 2.05) is 103 Å². The third-order valence-corrected chi connectivity index (χ3v) is 9.75. The van der Waals surface area contributed by atoms with E-state index in [0.717, 1.165) is 24.6 Å². The second-order valence-electron chi connectivity index (χ2n) is 6.61. The molecule has 0 N–H and O–H groups in total. The normalized spacial score (nSPS) is 11.1. The number of hydrogen-bond acceptors (Lipinski definition) is 3. The van der Waals surface area contributed by atoms with Crippen LogP contribution in [0.1, 0.15) is 0 Å². The van der Waals surface area contributed by atoms with Crippen LogP contribution in [0, 0.1) is 0 Å². The predicted octanol–water partition coefficient (Wildman–Crippen LogP) is 7.38. The molecule has 0 bridgehead atoms. The topological polar surface area (TPSA) is 17.1 Å². The third kappa shape index (κ3) is 5.17. The molecule has 0 amide bonds. The highest BCUT2D eigenvalue weighted by Crippen LogP contribution is 2.51. The molecule has 0 heterocycles. The van der Waals surface area contributed by atoms with Crippen molar-refractivity contribution in [3.63, 3.8) is 0 Å². The SMILES string of the molecule is O=P(C=C(Sc1ccccc1)Sc1ccccc1)(c1ccccc1)c1ccccc1. The number of thioether (sulfide) groups is 2. The Balaban J connectivity index is 1.82. The van der Waals surface area contributed by atoms with Gasteiger partial charge in [-0.3, -0.25) is 0 Å².